The maximum absolute atomic E-state index is 4.27. The van der Waals surface area contributed by atoms with E-state index in [1.807, 2.05) is 27.7 Å². The summed E-state index contributed by atoms with van der Waals surface area (Å²) in [6, 6.07) is 0. The monoisotopic (exact) mass is 211 g/mol. The van der Waals surface area contributed by atoms with Crippen molar-refractivity contribution < 1.29 is 0 Å². The van der Waals surface area contributed by atoms with Crippen LogP contribution in [0.2, 0.25) is 0 Å². The van der Waals surface area contributed by atoms with Gasteiger partial charge in [0.15, 0.2) is 0 Å². The Bertz CT molecular complexity index is 176. The first-order chi connectivity index (χ1) is 7.26. The quantitative estimate of drug-likeness (QED) is 0.553. The van der Waals surface area contributed by atoms with Gasteiger partial charge in [-0.25, -0.2) is 0 Å². The minimum atomic E-state index is 1.00. The lowest BCUT2D eigenvalue weighted by Gasteiger charge is -2.01. The van der Waals surface area contributed by atoms with Crippen molar-refractivity contribution >= 4 is 6.21 Å². The topological polar surface area (TPSA) is 12.4 Å². The molecule has 1 nitrogen and oxygen atoms in total. The predicted octanol–water partition coefficient (Wildman–Crippen LogP) is 5.39. The Morgan fingerprint density at radius 2 is 1.53 bits per heavy atom. The van der Waals surface area contributed by atoms with Crippen LogP contribution in [0.25, 0.3) is 0 Å². The number of allylic oxidation sites excluding steroid dienone is 3. The zero-order chi connectivity index (χ0) is 12.7. The van der Waals surface area contributed by atoms with Gasteiger partial charge in [0, 0.05) is 11.9 Å². The summed E-state index contributed by atoms with van der Waals surface area (Å²) in [7, 11) is 0. The molecular weight excluding hydrogens is 182 g/mol. The van der Waals surface area contributed by atoms with Gasteiger partial charge in [0.25, 0.3) is 0 Å². The van der Waals surface area contributed by atoms with E-state index in [-0.39, 0.29) is 0 Å². The zero-order valence-electron chi connectivity index (χ0n) is 11.7. The first-order valence-electron chi connectivity index (χ1n) is 6.09. The molecule has 0 heterocycles. The van der Waals surface area contributed by atoms with E-state index in [2.05, 4.69) is 32.3 Å². The molecule has 0 unspecified atom stereocenters. The second-order valence-electron chi connectivity index (χ2n) is 2.45. The number of rotatable bonds is 4. The minimum absolute atomic E-state index is 1.00. The summed E-state index contributed by atoms with van der Waals surface area (Å²) in [4.78, 5) is 4.27. The van der Waals surface area contributed by atoms with Crippen LogP contribution < -0.4 is 0 Å². The molecule has 0 aromatic rings. The van der Waals surface area contributed by atoms with Crippen LogP contribution in [0.3, 0.4) is 0 Å². The molecular formula is C14H29N. The van der Waals surface area contributed by atoms with E-state index in [4.69, 9.17) is 0 Å². The van der Waals surface area contributed by atoms with E-state index in [1.54, 1.807) is 12.3 Å². The van der Waals surface area contributed by atoms with E-state index < -0.39 is 0 Å². The molecule has 0 aliphatic rings. The third-order valence-corrected chi connectivity index (χ3v) is 1.69. The highest BCUT2D eigenvalue weighted by Gasteiger charge is 1.93. The van der Waals surface area contributed by atoms with Crippen molar-refractivity contribution in [3.8, 4) is 0 Å². The van der Waals surface area contributed by atoms with Crippen molar-refractivity contribution in [3.63, 3.8) is 0 Å². The molecule has 0 atom stereocenters. The van der Waals surface area contributed by atoms with Gasteiger partial charge in [-0.15, -0.1) is 0 Å². The average Bonchev–Trinajstić information content (AvgIpc) is 2.34. The zero-order valence-corrected chi connectivity index (χ0v) is 11.7. The van der Waals surface area contributed by atoms with Gasteiger partial charge in [-0.05, 0) is 19.8 Å². The molecule has 15 heavy (non-hydrogen) atoms. The van der Waals surface area contributed by atoms with Crippen LogP contribution in [0.1, 0.15) is 61.3 Å². The molecule has 0 aromatic heterocycles. The van der Waals surface area contributed by atoms with Gasteiger partial charge >= 0.3 is 0 Å². The third-order valence-electron chi connectivity index (χ3n) is 1.69. The lowest BCUT2D eigenvalue weighted by molar-refractivity contribution is 0.969. The fraction of sp³-hybridized carbons (Fsp3) is 0.643. The van der Waals surface area contributed by atoms with Gasteiger partial charge in [-0.3, -0.25) is 4.99 Å². The molecule has 0 aliphatic heterocycles. The predicted molar refractivity (Wildman–Crippen MR) is 74.7 cm³/mol. The normalized spacial score (nSPS) is 10.6. The SMILES string of the molecule is C=CC=N/C(CC)=C(\C)CC.CC.CC. The lowest BCUT2D eigenvalue weighted by atomic mass is 10.1. The highest BCUT2D eigenvalue weighted by molar-refractivity contribution is 5.71. The van der Waals surface area contributed by atoms with Crippen LogP contribution in [0.5, 0.6) is 0 Å². The molecule has 0 rings (SSSR count). The molecule has 0 radical (unpaired) electrons. The number of aliphatic imine (C=N–C) groups is 1. The number of hydrogen-bond donors (Lipinski definition) is 0. The van der Waals surface area contributed by atoms with Crippen molar-refractivity contribution in [3.05, 3.63) is 23.9 Å². The van der Waals surface area contributed by atoms with Gasteiger partial charge in [0.05, 0.1) is 0 Å². The summed E-state index contributed by atoms with van der Waals surface area (Å²) in [5.74, 6) is 0. The smallest absolute Gasteiger partial charge is 0.0389 e. The summed E-state index contributed by atoms with van der Waals surface area (Å²) in [5, 5.41) is 0. The van der Waals surface area contributed by atoms with Crippen molar-refractivity contribution in [2.24, 2.45) is 4.99 Å². The number of nitrogens with zero attached hydrogens (tertiary/aromatic N) is 1. The van der Waals surface area contributed by atoms with Crippen LogP contribution in [0.4, 0.5) is 0 Å². The molecule has 0 saturated carbocycles. The van der Waals surface area contributed by atoms with Crippen molar-refractivity contribution in [2.75, 3.05) is 0 Å². The van der Waals surface area contributed by atoms with E-state index in [9.17, 15) is 0 Å². The summed E-state index contributed by atoms with van der Waals surface area (Å²) in [6.07, 6.45) is 5.54. The van der Waals surface area contributed by atoms with Crippen LogP contribution in [-0.4, -0.2) is 6.21 Å². The summed E-state index contributed by atoms with van der Waals surface area (Å²) in [6.45, 7) is 18.0. The second kappa shape index (κ2) is 18.8. The van der Waals surface area contributed by atoms with E-state index in [1.165, 1.54) is 11.3 Å². The van der Waals surface area contributed by atoms with Crippen LogP contribution in [0.15, 0.2) is 28.9 Å². The van der Waals surface area contributed by atoms with Crippen LogP contribution in [0, 0.1) is 0 Å². The van der Waals surface area contributed by atoms with Gasteiger partial charge in [-0.1, -0.05) is 59.8 Å². The molecule has 1 heteroatoms. The molecule has 90 valence electrons. The highest BCUT2D eigenvalue weighted by Crippen LogP contribution is 2.11. The Kier molecular flexibility index (Phi) is 24.7. The third kappa shape index (κ3) is 13.2. The van der Waals surface area contributed by atoms with Crippen molar-refractivity contribution in [2.45, 2.75) is 61.3 Å². The van der Waals surface area contributed by atoms with Gasteiger partial charge < -0.3 is 0 Å². The standard InChI is InChI=1S/C10H17N.2C2H6/c1-5-8-11-10(7-3)9(4)6-2;2*1-2/h5,8H,1,6-7H2,2-4H3;2*1-2H3/b10-9+,11-8?;;. The van der Waals surface area contributed by atoms with E-state index >= 15 is 0 Å². The Balaban J connectivity index is -0.000000318. The molecule has 0 N–H and O–H groups in total. The summed E-state index contributed by atoms with van der Waals surface area (Å²) < 4.78 is 0. The molecule has 0 amide bonds. The Labute approximate surface area is 97.0 Å². The molecule has 0 aliphatic carbocycles. The average molecular weight is 211 g/mol. The van der Waals surface area contributed by atoms with E-state index in [0.717, 1.165) is 12.8 Å². The maximum atomic E-state index is 4.27. The Morgan fingerprint density at radius 3 is 1.80 bits per heavy atom. The molecule has 0 bridgehead atoms. The van der Waals surface area contributed by atoms with Crippen molar-refractivity contribution in [1.29, 1.82) is 0 Å². The Morgan fingerprint density at radius 1 is 1.07 bits per heavy atom. The van der Waals surface area contributed by atoms with Gasteiger partial charge in [0.2, 0.25) is 0 Å². The van der Waals surface area contributed by atoms with Gasteiger partial charge in [0.1, 0.15) is 0 Å². The molecule has 0 saturated heterocycles. The molecule has 0 spiro atoms. The summed E-state index contributed by atoms with van der Waals surface area (Å²) >= 11 is 0. The van der Waals surface area contributed by atoms with Crippen molar-refractivity contribution in [1.82, 2.24) is 0 Å². The molecule has 0 aromatic carbocycles. The fourth-order valence-corrected chi connectivity index (χ4v) is 0.850. The van der Waals surface area contributed by atoms with Gasteiger partial charge in [-0.2, -0.15) is 0 Å². The second-order valence-corrected chi connectivity index (χ2v) is 2.45. The molecule has 0 fully saturated rings. The van der Waals surface area contributed by atoms with Crippen LogP contribution in [-0.2, 0) is 0 Å². The first kappa shape index (κ1) is 19.7. The first-order valence-corrected chi connectivity index (χ1v) is 6.09. The van der Waals surface area contributed by atoms with E-state index in [0.29, 0.717) is 0 Å². The van der Waals surface area contributed by atoms with Crippen LogP contribution >= 0.6 is 0 Å². The number of hydrogen-bond acceptors (Lipinski definition) is 1. The highest BCUT2D eigenvalue weighted by atomic mass is 14.7. The lowest BCUT2D eigenvalue weighted by Crippen LogP contribution is -1.83. The minimum Gasteiger partial charge on any atom is -0.261 e. The maximum Gasteiger partial charge on any atom is 0.0389 e. The Hall–Kier alpha value is -0.850. The largest absolute Gasteiger partial charge is 0.261 e. The summed E-state index contributed by atoms with van der Waals surface area (Å²) in [5.41, 5.74) is 2.55. The fourth-order valence-electron chi connectivity index (χ4n) is 0.850.